The molecule has 2 saturated carbocycles. The molecule has 2 fully saturated rings. The summed E-state index contributed by atoms with van der Waals surface area (Å²) in [4.78, 5) is 25.4. The summed E-state index contributed by atoms with van der Waals surface area (Å²) in [6.45, 7) is 6.07. The molecule has 0 unspecified atom stereocenters. The van der Waals surface area contributed by atoms with Crippen LogP contribution in [0.3, 0.4) is 0 Å². The van der Waals surface area contributed by atoms with Crippen molar-refractivity contribution in [3.8, 4) is 0 Å². The van der Waals surface area contributed by atoms with Gasteiger partial charge in [-0.15, -0.1) is 0 Å². The summed E-state index contributed by atoms with van der Waals surface area (Å²) in [5.74, 6) is -0.131. The second-order valence-electron chi connectivity index (χ2n) is 9.20. The number of hydrogen-bond donors (Lipinski definition) is 0. The second kappa shape index (κ2) is 9.27. The van der Waals surface area contributed by atoms with Crippen molar-refractivity contribution in [2.24, 2.45) is 17.8 Å². The fraction of sp³-hybridized carbons (Fsp3) is 0.667. The molecule has 0 amide bonds. The molecule has 5 heteroatoms. The van der Waals surface area contributed by atoms with E-state index in [4.69, 9.17) is 9.47 Å². The Morgan fingerprint density at radius 2 is 1.86 bits per heavy atom. The van der Waals surface area contributed by atoms with Crippen molar-refractivity contribution in [1.29, 1.82) is 0 Å². The van der Waals surface area contributed by atoms with Crippen LogP contribution in [0.2, 0.25) is 0 Å². The van der Waals surface area contributed by atoms with E-state index in [1.807, 2.05) is 0 Å². The zero-order valence-corrected chi connectivity index (χ0v) is 17.8. The normalized spacial score (nSPS) is 26.3. The van der Waals surface area contributed by atoms with Crippen molar-refractivity contribution >= 4 is 11.9 Å². The Hall–Kier alpha value is -1.91. The van der Waals surface area contributed by atoms with Gasteiger partial charge >= 0.3 is 11.9 Å². The van der Waals surface area contributed by atoms with E-state index in [-0.39, 0.29) is 6.10 Å². The van der Waals surface area contributed by atoms with Gasteiger partial charge in [-0.05, 0) is 49.5 Å². The van der Waals surface area contributed by atoms with Crippen LogP contribution in [-0.4, -0.2) is 24.6 Å². The minimum atomic E-state index is -0.995. The highest BCUT2D eigenvalue weighted by molar-refractivity contribution is 5.85. The third kappa shape index (κ3) is 4.81. The van der Waals surface area contributed by atoms with E-state index in [2.05, 4.69) is 20.8 Å². The highest BCUT2D eigenvalue weighted by Gasteiger charge is 2.46. The molecule has 1 aromatic rings. The molecule has 0 saturated heterocycles. The smallest absolute Gasteiger partial charge is 0.344 e. The second-order valence-corrected chi connectivity index (χ2v) is 9.20. The fourth-order valence-corrected chi connectivity index (χ4v) is 5.13. The summed E-state index contributed by atoms with van der Waals surface area (Å²) in [6, 6.07) is 6.36. The first-order chi connectivity index (χ1) is 13.8. The molecule has 0 radical (unpaired) electrons. The van der Waals surface area contributed by atoms with E-state index in [1.54, 1.807) is 18.2 Å². The first-order valence-corrected chi connectivity index (χ1v) is 10.9. The highest BCUT2D eigenvalue weighted by Crippen LogP contribution is 2.43. The van der Waals surface area contributed by atoms with Gasteiger partial charge in [-0.25, -0.2) is 9.18 Å². The lowest BCUT2D eigenvalue weighted by molar-refractivity contribution is -0.169. The first-order valence-electron chi connectivity index (χ1n) is 10.9. The molecule has 29 heavy (non-hydrogen) atoms. The number of rotatable bonds is 6. The maximum atomic E-state index is 14.4. The monoisotopic (exact) mass is 404 g/mol. The molecule has 2 aliphatic rings. The average Bonchev–Trinajstić information content (AvgIpc) is 3.17. The lowest BCUT2D eigenvalue weighted by Crippen LogP contribution is -2.39. The average molecular weight is 405 g/mol. The Bertz CT molecular complexity index is 723. The number of halogens is 1. The van der Waals surface area contributed by atoms with Crippen molar-refractivity contribution in [2.75, 3.05) is 6.61 Å². The summed E-state index contributed by atoms with van der Waals surface area (Å²) in [5, 5.41) is 0. The van der Waals surface area contributed by atoms with Gasteiger partial charge in [0.25, 0.3) is 0 Å². The Labute approximate surface area is 173 Å². The van der Waals surface area contributed by atoms with Crippen LogP contribution < -0.4 is 0 Å². The van der Waals surface area contributed by atoms with Gasteiger partial charge < -0.3 is 9.47 Å². The molecule has 2 aliphatic carbocycles. The molecule has 4 nitrogen and oxygen atoms in total. The van der Waals surface area contributed by atoms with Crippen LogP contribution in [0.5, 0.6) is 0 Å². The van der Waals surface area contributed by atoms with Crippen LogP contribution >= 0.6 is 0 Å². The fourth-order valence-electron chi connectivity index (χ4n) is 5.13. The predicted molar refractivity (Wildman–Crippen MR) is 109 cm³/mol. The third-order valence-electron chi connectivity index (χ3n) is 6.80. The number of esters is 2. The zero-order valence-electron chi connectivity index (χ0n) is 17.8. The number of benzene rings is 1. The van der Waals surface area contributed by atoms with Crippen LogP contribution in [0.1, 0.15) is 71.3 Å². The summed E-state index contributed by atoms with van der Waals surface area (Å²) < 4.78 is 25.5. The van der Waals surface area contributed by atoms with Crippen LogP contribution in [-0.2, 0) is 24.5 Å². The topological polar surface area (TPSA) is 52.6 Å². The molecule has 3 atom stereocenters. The Balaban J connectivity index is 1.63. The van der Waals surface area contributed by atoms with Gasteiger partial charge in [-0.1, -0.05) is 58.2 Å². The third-order valence-corrected chi connectivity index (χ3v) is 6.80. The van der Waals surface area contributed by atoms with Gasteiger partial charge in [0.1, 0.15) is 11.9 Å². The maximum absolute atomic E-state index is 14.4. The van der Waals surface area contributed by atoms with Crippen molar-refractivity contribution in [3.63, 3.8) is 0 Å². The van der Waals surface area contributed by atoms with Crippen LogP contribution in [0, 0.1) is 23.6 Å². The van der Waals surface area contributed by atoms with Gasteiger partial charge in [-0.2, -0.15) is 0 Å². The molecular formula is C24H33FO4. The van der Waals surface area contributed by atoms with Gasteiger partial charge in [0.2, 0.25) is 0 Å². The summed E-state index contributed by atoms with van der Waals surface area (Å²) in [5.41, 5.74) is -0.623. The van der Waals surface area contributed by atoms with Crippen molar-refractivity contribution < 1.29 is 23.5 Å². The summed E-state index contributed by atoms with van der Waals surface area (Å²) in [7, 11) is 0. The largest absolute Gasteiger partial charge is 0.460 e. The molecule has 0 heterocycles. The Kier molecular flexibility index (Phi) is 6.97. The van der Waals surface area contributed by atoms with Crippen LogP contribution in [0.15, 0.2) is 24.3 Å². The Morgan fingerprint density at radius 3 is 2.52 bits per heavy atom. The minimum Gasteiger partial charge on any atom is -0.460 e. The SMILES string of the molecule is CC(C)[C@@H]1CC[C@H](C)C[C@H]1OC(=O)COC(=O)C1(c2ccccc2F)CCCC1. The molecule has 160 valence electrons. The maximum Gasteiger partial charge on any atom is 0.344 e. The highest BCUT2D eigenvalue weighted by atomic mass is 19.1. The molecule has 3 rings (SSSR count). The van der Waals surface area contributed by atoms with Crippen molar-refractivity contribution in [3.05, 3.63) is 35.6 Å². The number of carbonyl (C=O) groups excluding carboxylic acids is 2. The first kappa shape index (κ1) is 21.8. The van der Waals surface area contributed by atoms with Gasteiger partial charge in [-0.3, -0.25) is 4.79 Å². The molecule has 1 aromatic carbocycles. The molecular weight excluding hydrogens is 371 g/mol. The van der Waals surface area contributed by atoms with Crippen molar-refractivity contribution in [1.82, 2.24) is 0 Å². The van der Waals surface area contributed by atoms with E-state index < -0.39 is 29.8 Å². The van der Waals surface area contributed by atoms with E-state index in [9.17, 15) is 14.0 Å². The standard InChI is InChI=1S/C24H33FO4/c1-16(2)18-11-10-17(3)14-21(18)29-22(26)15-28-23(27)24(12-6-7-13-24)19-8-4-5-9-20(19)25/h4-5,8-9,16-18,21H,6-7,10-15H2,1-3H3/t17-,18-,21+/m0/s1. The van der Waals surface area contributed by atoms with Gasteiger partial charge in [0, 0.05) is 5.56 Å². The Morgan fingerprint density at radius 1 is 1.17 bits per heavy atom. The number of carbonyl (C=O) groups is 2. The van der Waals surface area contributed by atoms with Gasteiger partial charge in [0.05, 0.1) is 5.41 Å². The zero-order chi connectivity index (χ0) is 21.0. The quantitative estimate of drug-likeness (QED) is 0.613. The van der Waals surface area contributed by atoms with Crippen molar-refractivity contribution in [2.45, 2.75) is 77.2 Å². The van der Waals surface area contributed by atoms with E-state index in [0.29, 0.717) is 36.2 Å². The molecule has 0 N–H and O–H groups in total. The summed E-state index contributed by atoms with van der Waals surface area (Å²) >= 11 is 0. The molecule has 0 spiro atoms. The van der Waals surface area contributed by atoms with E-state index >= 15 is 0 Å². The predicted octanol–water partition coefficient (Wildman–Crippen LogP) is 5.18. The lowest BCUT2D eigenvalue weighted by Gasteiger charge is -2.36. The van der Waals surface area contributed by atoms with Gasteiger partial charge in [0.15, 0.2) is 6.61 Å². The molecule has 0 bridgehead atoms. The number of ether oxygens (including phenoxy) is 2. The number of hydrogen-bond acceptors (Lipinski definition) is 4. The van der Waals surface area contributed by atoms with Crippen LogP contribution in [0.25, 0.3) is 0 Å². The lowest BCUT2D eigenvalue weighted by atomic mass is 9.75. The van der Waals surface area contributed by atoms with Crippen LogP contribution in [0.4, 0.5) is 4.39 Å². The molecule has 0 aromatic heterocycles. The molecule has 0 aliphatic heterocycles. The summed E-state index contributed by atoms with van der Waals surface area (Å²) in [6.07, 6.45) is 5.67. The van der Waals surface area contributed by atoms with E-state index in [1.165, 1.54) is 6.07 Å². The minimum absolute atomic E-state index is 0.128. The van der Waals surface area contributed by atoms with E-state index in [0.717, 1.165) is 32.1 Å².